The van der Waals surface area contributed by atoms with E-state index in [1.54, 1.807) is 18.7 Å². The Bertz CT molecular complexity index is 492. The molecule has 0 spiro atoms. The maximum absolute atomic E-state index is 12.3. The van der Waals surface area contributed by atoms with Crippen molar-refractivity contribution in [1.29, 1.82) is 0 Å². The van der Waals surface area contributed by atoms with Crippen molar-refractivity contribution in [1.82, 2.24) is 4.90 Å². The van der Waals surface area contributed by atoms with E-state index in [1.807, 2.05) is 30.3 Å². The smallest absolute Gasteiger partial charge is 0.410 e. The van der Waals surface area contributed by atoms with Gasteiger partial charge in [-0.15, -0.1) is 0 Å². The van der Waals surface area contributed by atoms with Crippen LogP contribution in [-0.2, 0) is 20.7 Å². The summed E-state index contributed by atoms with van der Waals surface area (Å²) in [7, 11) is 0. The van der Waals surface area contributed by atoms with Gasteiger partial charge in [-0.05, 0) is 19.4 Å². The fourth-order valence-corrected chi connectivity index (χ4v) is 2.08. The molecule has 1 heterocycles. The molecule has 0 radical (unpaired) electrons. The number of hydrogen-bond acceptors (Lipinski definition) is 4. The molecule has 1 aromatic rings. The topological polar surface area (TPSA) is 55.8 Å². The second kappa shape index (κ2) is 6.72. The minimum Gasteiger partial charge on any atom is -0.435 e. The van der Waals surface area contributed by atoms with E-state index in [-0.39, 0.29) is 12.2 Å². The van der Waals surface area contributed by atoms with Crippen molar-refractivity contribution in [3.63, 3.8) is 0 Å². The molecule has 1 aromatic carbocycles. The van der Waals surface area contributed by atoms with Crippen LogP contribution in [0.2, 0.25) is 0 Å². The third-order valence-corrected chi connectivity index (χ3v) is 3.49. The molecule has 114 valence electrons. The highest BCUT2D eigenvalue weighted by molar-refractivity contribution is 5.90. The highest BCUT2D eigenvalue weighted by Gasteiger charge is 2.33. The van der Waals surface area contributed by atoms with Crippen LogP contribution in [0.3, 0.4) is 0 Å². The van der Waals surface area contributed by atoms with Crippen LogP contribution in [0.5, 0.6) is 0 Å². The Morgan fingerprint density at radius 3 is 2.43 bits per heavy atom. The summed E-state index contributed by atoms with van der Waals surface area (Å²) in [4.78, 5) is 26.0. The molecule has 1 amide bonds. The van der Waals surface area contributed by atoms with Crippen LogP contribution in [-0.4, -0.2) is 48.7 Å². The molecule has 0 saturated carbocycles. The zero-order valence-electron chi connectivity index (χ0n) is 12.5. The molecule has 2 rings (SSSR count). The maximum Gasteiger partial charge on any atom is 0.410 e. The van der Waals surface area contributed by atoms with Crippen molar-refractivity contribution in [3.8, 4) is 0 Å². The number of rotatable bonds is 4. The van der Waals surface area contributed by atoms with E-state index in [2.05, 4.69) is 0 Å². The van der Waals surface area contributed by atoms with Crippen molar-refractivity contribution < 1.29 is 19.1 Å². The molecule has 1 aliphatic heterocycles. The van der Waals surface area contributed by atoms with Crippen LogP contribution in [0, 0.1) is 0 Å². The highest BCUT2D eigenvalue weighted by atomic mass is 16.6. The first kappa shape index (κ1) is 15.5. The van der Waals surface area contributed by atoms with Gasteiger partial charge >= 0.3 is 6.09 Å². The number of benzene rings is 1. The molecule has 1 fully saturated rings. The average molecular weight is 291 g/mol. The van der Waals surface area contributed by atoms with Gasteiger partial charge in [-0.3, -0.25) is 4.79 Å². The molecule has 0 aliphatic carbocycles. The van der Waals surface area contributed by atoms with Gasteiger partial charge in [0, 0.05) is 19.5 Å². The summed E-state index contributed by atoms with van der Waals surface area (Å²) in [5.41, 5.74) is -0.219. The monoisotopic (exact) mass is 291 g/mol. The van der Waals surface area contributed by atoms with E-state index in [1.165, 1.54) is 0 Å². The quantitative estimate of drug-likeness (QED) is 0.852. The molecule has 1 saturated heterocycles. The van der Waals surface area contributed by atoms with Gasteiger partial charge in [0.2, 0.25) is 0 Å². The summed E-state index contributed by atoms with van der Waals surface area (Å²) in [6.07, 6.45) is -0.200. The number of ether oxygens (including phenoxy) is 2. The van der Waals surface area contributed by atoms with Gasteiger partial charge in [0.15, 0.2) is 11.4 Å². The zero-order valence-corrected chi connectivity index (χ0v) is 12.5. The number of carbonyl (C=O) groups excluding carboxylic acids is 2. The van der Waals surface area contributed by atoms with Gasteiger partial charge in [-0.25, -0.2) is 4.79 Å². The fraction of sp³-hybridized carbons (Fsp3) is 0.500. The number of carbonyl (C=O) groups is 2. The minimum absolute atomic E-state index is 0.115. The molecular weight excluding hydrogens is 270 g/mol. The second-order valence-corrected chi connectivity index (χ2v) is 5.56. The Morgan fingerprint density at radius 2 is 1.81 bits per heavy atom. The van der Waals surface area contributed by atoms with Crippen molar-refractivity contribution in [2.75, 3.05) is 26.3 Å². The molecular formula is C16H21NO4. The SMILES string of the molecule is CC(C)(OC(=O)N1CCOCC1)C(=O)Cc1ccccc1. The van der Waals surface area contributed by atoms with E-state index in [0.29, 0.717) is 26.3 Å². The summed E-state index contributed by atoms with van der Waals surface area (Å²) in [5, 5.41) is 0. The summed E-state index contributed by atoms with van der Waals surface area (Å²) >= 11 is 0. The summed E-state index contributed by atoms with van der Waals surface area (Å²) in [6, 6.07) is 9.44. The zero-order chi connectivity index (χ0) is 15.3. The average Bonchev–Trinajstić information content (AvgIpc) is 2.48. The predicted octanol–water partition coefficient (Wildman–Crippen LogP) is 2.05. The summed E-state index contributed by atoms with van der Waals surface area (Å²) in [6.45, 7) is 5.29. The van der Waals surface area contributed by atoms with Gasteiger partial charge in [0.1, 0.15) is 0 Å². The van der Waals surface area contributed by atoms with Crippen LogP contribution in [0.25, 0.3) is 0 Å². The summed E-state index contributed by atoms with van der Waals surface area (Å²) in [5.74, 6) is -0.115. The third kappa shape index (κ3) is 4.29. The van der Waals surface area contributed by atoms with Gasteiger partial charge in [0.05, 0.1) is 13.2 Å². The van der Waals surface area contributed by atoms with Gasteiger partial charge in [0.25, 0.3) is 0 Å². The van der Waals surface area contributed by atoms with Crippen molar-refractivity contribution in [3.05, 3.63) is 35.9 Å². The lowest BCUT2D eigenvalue weighted by Crippen LogP contribution is -2.46. The fourth-order valence-electron chi connectivity index (χ4n) is 2.08. The van der Waals surface area contributed by atoms with E-state index in [4.69, 9.17) is 9.47 Å². The number of Topliss-reactive ketones (excluding diaryl/α,β-unsaturated/α-hetero) is 1. The Balaban J connectivity index is 1.93. The molecule has 1 aliphatic rings. The van der Waals surface area contributed by atoms with Gasteiger partial charge in [-0.2, -0.15) is 0 Å². The van der Waals surface area contributed by atoms with Gasteiger partial charge in [-0.1, -0.05) is 30.3 Å². The summed E-state index contributed by atoms with van der Waals surface area (Å²) < 4.78 is 10.6. The maximum atomic E-state index is 12.3. The standard InChI is InChI=1S/C16H21NO4/c1-16(2,14(18)12-13-6-4-3-5-7-13)21-15(19)17-8-10-20-11-9-17/h3-7H,8-12H2,1-2H3. The first-order chi connectivity index (χ1) is 9.99. The Kier molecular flexibility index (Phi) is 4.96. The molecule has 0 aromatic heterocycles. The van der Waals surface area contributed by atoms with Gasteiger partial charge < -0.3 is 14.4 Å². The lowest BCUT2D eigenvalue weighted by Gasteiger charge is -2.31. The highest BCUT2D eigenvalue weighted by Crippen LogP contribution is 2.17. The van der Waals surface area contributed by atoms with Crippen LogP contribution >= 0.6 is 0 Å². The second-order valence-electron chi connectivity index (χ2n) is 5.56. The van der Waals surface area contributed by atoms with Crippen molar-refractivity contribution in [2.24, 2.45) is 0 Å². The van der Waals surface area contributed by atoms with Crippen LogP contribution in [0.15, 0.2) is 30.3 Å². The minimum atomic E-state index is -1.13. The largest absolute Gasteiger partial charge is 0.435 e. The number of ketones is 1. The first-order valence-corrected chi connectivity index (χ1v) is 7.12. The molecule has 0 N–H and O–H groups in total. The van der Waals surface area contributed by atoms with Crippen LogP contribution in [0.1, 0.15) is 19.4 Å². The number of morpholine rings is 1. The lowest BCUT2D eigenvalue weighted by atomic mass is 9.97. The van der Waals surface area contributed by atoms with E-state index >= 15 is 0 Å². The molecule has 5 nitrogen and oxygen atoms in total. The van der Waals surface area contributed by atoms with Crippen molar-refractivity contribution in [2.45, 2.75) is 25.9 Å². The molecule has 0 atom stereocenters. The lowest BCUT2D eigenvalue weighted by molar-refractivity contribution is -0.135. The van der Waals surface area contributed by atoms with E-state index in [0.717, 1.165) is 5.56 Å². The van der Waals surface area contributed by atoms with Crippen molar-refractivity contribution >= 4 is 11.9 Å². The van der Waals surface area contributed by atoms with E-state index in [9.17, 15) is 9.59 Å². The Labute approximate surface area is 124 Å². The predicted molar refractivity (Wildman–Crippen MR) is 78.1 cm³/mol. The van der Waals surface area contributed by atoms with E-state index < -0.39 is 11.7 Å². The molecule has 0 bridgehead atoms. The molecule has 21 heavy (non-hydrogen) atoms. The Hall–Kier alpha value is -1.88. The normalized spacial score (nSPS) is 15.6. The van der Waals surface area contributed by atoms with Crippen LogP contribution in [0.4, 0.5) is 4.79 Å². The third-order valence-electron chi connectivity index (χ3n) is 3.49. The Morgan fingerprint density at radius 1 is 1.19 bits per heavy atom. The van der Waals surface area contributed by atoms with Crippen LogP contribution < -0.4 is 0 Å². The number of nitrogens with zero attached hydrogens (tertiary/aromatic N) is 1. The molecule has 5 heteroatoms. The number of amides is 1. The first-order valence-electron chi connectivity index (χ1n) is 7.12. The molecule has 0 unspecified atom stereocenters. The number of hydrogen-bond donors (Lipinski definition) is 0.